The normalized spacial score (nSPS) is 11.6. The molecule has 11 heteroatoms. The molecule has 0 saturated heterocycles. The molecule has 10 nitrogen and oxygen atoms in total. The lowest BCUT2D eigenvalue weighted by Gasteiger charge is -2.12. The van der Waals surface area contributed by atoms with Crippen LogP contribution in [0.1, 0.15) is 10.4 Å². The van der Waals surface area contributed by atoms with Crippen molar-refractivity contribution in [2.45, 2.75) is 4.90 Å². The lowest BCUT2D eigenvalue weighted by Crippen LogP contribution is -2.33. The summed E-state index contributed by atoms with van der Waals surface area (Å²) in [6.07, 6.45) is 0. The molecule has 2 aromatic carbocycles. The molecule has 0 unspecified atom stereocenters. The molecule has 0 aliphatic rings. The number of aryl methyl sites for hydroxylation is 2. The maximum Gasteiger partial charge on any atom is 0.328 e. The lowest BCUT2D eigenvalue weighted by atomic mass is 10.2. The first-order valence-corrected chi connectivity index (χ1v) is 10.7. The number of benzene rings is 2. The first kappa shape index (κ1) is 22.2. The van der Waals surface area contributed by atoms with Crippen LogP contribution in [0.15, 0.2) is 52.2 Å². The van der Waals surface area contributed by atoms with E-state index >= 15 is 0 Å². The Labute approximate surface area is 179 Å². The van der Waals surface area contributed by atoms with E-state index in [1.54, 1.807) is 32.3 Å². The van der Waals surface area contributed by atoms with Gasteiger partial charge in [-0.2, -0.15) is 0 Å². The number of amides is 2. The highest BCUT2D eigenvalue weighted by Crippen LogP contribution is 2.18. The van der Waals surface area contributed by atoms with E-state index in [9.17, 15) is 22.8 Å². The Balaban J connectivity index is 1.68. The topological polar surface area (TPSA) is 123 Å². The fourth-order valence-electron chi connectivity index (χ4n) is 3.06. The molecule has 0 atom stereocenters. The zero-order valence-corrected chi connectivity index (χ0v) is 18.4. The van der Waals surface area contributed by atoms with Gasteiger partial charge >= 0.3 is 5.69 Å². The molecule has 31 heavy (non-hydrogen) atoms. The second-order valence-corrected chi connectivity index (χ2v) is 9.30. The van der Waals surface area contributed by atoms with E-state index in [4.69, 9.17) is 0 Å². The summed E-state index contributed by atoms with van der Waals surface area (Å²) in [5, 5.41) is 5.14. The number of aromatic nitrogens is 2. The van der Waals surface area contributed by atoms with Crippen molar-refractivity contribution in [3.8, 4) is 0 Å². The number of imidazole rings is 1. The van der Waals surface area contributed by atoms with Crippen LogP contribution in [-0.4, -0.2) is 54.3 Å². The number of anilines is 1. The summed E-state index contributed by atoms with van der Waals surface area (Å²) >= 11 is 0. The molecule has 0 spiro atoms. The fourth-order valence-corrected chi connectivity index (χ4v) is 4.01. The average Bonchev–Trinajstić information content (AvgIpc) is 2.95. The van der Waals surface area contributed by atoms with Gasteiger partial charge < -0.3 is 10.6 Å². The van der Waals surface area contributed by atoms with Crippen molar-refractivity contribution in [2.24, 2.45) is 14.1 Å². The number of rotatable bonds is 6. The largest absolute Gasteiger partial charge is 0.343 e. The summed E-state index contributed by atoms with van der Waals surface area (Å²) in [6, 6.07) is 10.6. The third-order valence-corrected chi connectivity index (χ3v) is 6.65. The maximum atomic E-state index is 12.4. The number of nitrogens with one attached hydrogen (secondary N) is 2. The highest BCUT2D eigenvalue weighted by atomic mass is 32.2. The van der Waals surface area contributed by atoms with E-state index in [-0.39, 0.29) is 22.7 Å². The van der Waals surface area contributed by atoms with Crippen LogP contribution in [0.5, 0.6) is 0 Å². The second kappa shape index (κ2) is 8.36. The van der Waals surface area contributed by atoms with Gasteiger partial charge in [0.25, 0.3) is 5.91 Å². The molecule has 0 fully saturated rings. The minimum Gasteiger partial charge on any atom is -0.343 e. The Bertz CT molecular complexity index is 1340. The minimum absolute atomic E-state index is 0.0172. The maximum absolute atomic E-state index is 12.4. The molecular weight excluding hydrogens is 422 g/mol. The predicted octanol–water partition coefficient (Wildman–Crippen LogP) is 0.496. The van der Waals surface area contributed by atoms with Crippen molar-refractivity contribution in [1.29, 1.82) is 0 Å². The minimum atomic E-state index is -3.68. The van der Waals surface area contributed by atoms with E-state index in [1.807, 2.05) is 0 Å². The smallest absolute Gasteiger partial charge is 0.328 e. The van der Waals surface area contributed by atoms with E-state index in [0.717, 1.165) is 9.82 Å². The number of sulfonamides is 1. The summed E-state index contributed by atoms with van der Waals surface area (Å²) in [7, 11) is 2.42. The molecule has 1 heterocycles. The van der Waals surface area contributed by atoms with Crippen molar-refractivity contribution >= 4 is 38.6 Å². The molecule has 2 N–H and O–H groups in total. The van der Waals surface area contributed by atoms with Crippen LogP contribution in [0.25, 0.3) is 11.0 Å². The van der Waals surface area contributed by atoms with E-state index < -0.39 is 21.8 Å². The Morgan fingerprint density at radius 2 is 1.68 bits per heavy atom. The third-order valence-electron chi connectivity index (χ3n) is 4.84. The molecule has 0 radical (unpaired) electrons. The zero-order chi connectivity index (χ0) is 22.9. The van der Waals surface area contributed by atoms with Crippen molar-refractivity contribution in [3.63, 3.8) is 0 Å². The zero-order valence-electron chi connectivity index (χ0n) is 17.5. The van der Waals surface area contributed by atoms with Crippen molar-refractivity contribution in [1.82, 2.24) is 18.8 Å². The average molecular weight is 446 g/mol. The fraction of sp³-hybridized carbons (Fsp3) is 0.250. The Hall–Kier alpha value is -3.44. The summed E-state index contributed by atoms with van der Waals surface area (Å²) in [4.78, 5) is 36.6. The Kier molecular flexibility index (Phi) is 6.00. The molecule has 164 valence electrons. The number of hydrogen-bond donors (Lipinski definition) is 2. The Morgan fingerprint density at radius 1 is 1.00 bits per heavy atom. The number of hydrogen-bond acceptors (Lipinski definition) is 5. The van der Waals surface area contributed by atoms with Gasteiger partial charge in [0, 0.05) is 39.4 Å². The van der Waals surface area contributed by atoms with Crippen LogP contribution < -0.4 is 16.3 Å². The van der Waals surface area contributed by atoms with Gasteiger partial charge in [-0.05, 0) is 36.4 Å². The highest BCUT2D eigenvalue weighted by Gasteiger charge is 2.19. The van der Waals surface area contributed by atoms with Crippen LogP contribution in [0.2, 0.25) is 0 Å². The SMILES string of the molecule is CN(C)S(=O)(=O)c1cccc(C(=O)NCC(=O)Nc2ccc3c(c2)n(C)c(=O)n3C)c1. The van der Waals surface area contributed by atoms with Gasteiger partial charge in [-0.25, -0.2) is 17.5 Å². The van der Waals surface area contributed by atoms with Crippen LogP contribution in [0.4, 0.5) is 5.69 Å². The van der Waals surface area contributed by atoms with Gasteiger partial charge in [0.2, 0.25) is 15.9 Å². The van der Waals surface area contributed by atoms with Gasteiger partial charge in [0.15, 0.2) is 0 Å². The summed E-state index contributed by atoms with van der Waals surface area (Å²) in [5.74, 6) is -1.04. The van der Waals surface area contributed by atoms with E-state index in [0.29, 0.717) is 11.2 Å². The first-order valence-electron chi connectivity index (χ1n) is 9.28. The Morgan fingerprint density at radius 3 is 2.35 bits per heavy atom. The van der Waals surface area contributed by atoms with Crippen LogP contribution in [-0.2, 0) is 28.9 Å². The number of carbonyl (C=O) groups is 2. The molecule has 0 aliphatic carbocycles. The summed E-state index contributed by atoms with van der Waals surface area (Å²) in [5.41, 5.74) is 1.81. The van der Waals surface area contributed by atoms with E-state index in [2.05, 4.69) is 10.6 Å². The van der Waals surface area contributed by atoms with Crippen molar-refractivity contribution in [3.05, 3.63) is 58.5 Å². The van der Waals surface area contributed by atoms with Crippen molar-refractivity contribution < 1.29 is 18.0 Å². The molecule has 0 bridgehead atoms. The van der Waals surface area contributed by atoms with Gasteiger partial charge in [0.05, 0.1) is 22.5 Å². The molecular formula is C20H23N5O5S. The standard InChI is InChI=1S/C20H23N5O5S/c1-23(2)31(29,30)15-7-5-6-13(10-15)19(27)21-12-18(26)22-14-8-9-16-17(11-14)25(4)20(28)24(16)3/h5-11H,12H2,1-4H3,(H,21,27)(H,22,26). The quantitative estimate of drug-likeness (QED) is 0.572. The van der Waals surface area contributed by atoms with E-state index in [1.165, 1.54) is 47.5 Å². The number of fused-ring (bicyclic) bond motifs is 1. The van der Waals surface area contributed by atoms with Crippen LogP contribution in [0, 0.1) is 0 Å². The molecule has 1 aromatic heterocycles. The first-order chi connectivity index (χ1) is 14.5. The highest BCUT2D eigenvalue weighted by molar-refractivity contribution is 7.89. The molecule has 3 aromatic rings. The second-order valence-electron chi connectivity index (χ2n) is 7.15. The summed E-state index contributed by atoms with van der Waals surface area (Å²) < 4.78 is 28.5. The third kappa shape index (κ3) is 4.37. The van der Waals surface area contributed by atoms with Gasteiger partial charge in [-0.3, -0.25) is 18.7 Å². The lowest BCUT2D eigenvalue weighted by molar-refractivity contribution is -0.115. The summed E-state index contributed by atoms with van der Waals surface area (Å²) in [6.45, 7) is -0.310. The molecule has 2 amide bonds. The van der Waals surface area contributed by atoms with Crippen LogP contribution >= 0.6 is 0 Å². The van der Waals surface area contributed by atoms with Gasteiger partial charge in [-0.1, -0.05) is 6.07 Å². The monoisotopic (exact) mass is 445 g/mol. The van der Waals surface area contributed by atoms with Crippen LogP contribution in [0.3, 0.4) is 0 Å². The number of carbonyl (C=O) groups excluding carboxylic acids is 2. The molecule has 3 rings (SSSR count). The number of nitrogens with zero attached hydrogens (tertiary/aromatic N) is 3. The van der Waals surface area contributed by atoms with Gasteiger partial charge in [-0.15, -0.1) is 0 Å². The predicted molar refractivity (Wildman–Crippen MR) is 116 cm³/mol. The van der Waals surface area contributed by atoms with Crippen molar-refractivity contribution in [2.75, 3.05) is 26.0 Å². The molecule has 0 saturated carbocycles. The van der Waals surface area contributed by atoms with Gasteiger partial charge in [0.1, 0.15) is 0 Å². The molecule has 0 aliphatic heterocycles.